The van der Waals surface area contributed by atoms with Crippen molar-refractivity contribution in [2.75, 3.05) is 0 Å². The summed E-state index contributed by atoms with van der Waals surface area (Å²) in [6.45, 7) is 0. The van der Waals surface area contributed by atoms with Gasteiger partial charge in [-0.1, -0.05) is 5.16 Å². The second-order valence-electron chi connectivity index (χ2n) is 2.82. The number of hydrogen-bond acceptors (Lipinski definition) is 4. The average molecular weight is 225 g/mol. The van der Waals surface area contributed by atoms with Crippen molar-refractivity contribution < 1.29 is 9.45 Å². The van der Waals surface area contributed by atoms with Gasteiger partial charge in [0.2, 0.25) is 5.22 Å². The van der Waals surface area contributed by atoms with Crippen molar-refractivity contribution in [3.63, 3.8) is 0 Å². The minimum absolute atomic E-state index is 0.0355. The van der Waals surface area contributed by atoms with E-state index in [4.69, 9.17) is 11.6 Å². The first-order valence-electron chi connectivity index (χ1n) is 4.04. The number of aromatic nitrogens is 1. The van der Waals surface area contributed by atoms with E-state index in [1.54, 1.807) is 18.2 Å². The number of rotatable bonds is 2. The molecule has 5 nitrogen and oxygen atoms in total. The van der Waals surface area contributed by atoms with Crippen molar-refractivity contribution in [3.05, 3.63) is 45.7 Å². The second-order valence-corrected chi connectivity index (χ2v) is 3.19. The molecule has 0 aliphatic carbocycles. The molecule has 0 aliphatic heterocycles. The molecule has 1 heterocycles. The van der Waals surface area contributed by atoms with E-state index in [2.05, 4.69) is 9.68 Å². The number of halogens is 1. The molecule has 0 atom stereocenters. The summed E-state index contributed by atoms with van der Waals surface area (Å²) in [5, 5.41) is 14.3. The zero-order valence-electron chi connectivity index (χ0n) is 7.38. The predicted octanol–water partition coefficient (Wildman–Crippen LogP) is 2.90. The molecule has 6 heteroatoms. The van der Waals surface area contributed by atoms with Gasteiger partial charge in [-0.15, -0.1) is 0 Å². The molecule has 15 heavy (non-hydrogen) atoms. The highest BCUT2D eigenvalue weighted by Gasteiger charge is 2.08. The Labute approximate surface area is 89.4 Å². The van der Waals surface area contributed by atoms with Crippen LogP contribution in [0.25, 0.3) is 11.3 Å². The summed E-state index contributed by atoms with van der Waals surface area (Å²) < 4.78 is 4.68. The van der Waals surface area contributed by atoms with Crippen LogP contribution < -0.4 is 0 Å². The Morgan fingerprint density at radius 1 is 1.33 bits per heavy atom. The smallest absolute Gasteiger partial charge is 0.269 e. The van der Waals surface area contributed by atoms with Crippen molar-refractivity contribution >= 4 is 17.3 Å². The Hall–Kier alpha value is -1.88. The van der Waals surface area contributed by atoms with Crippen molar-refractivity contribution in [2.24, 2.45) is 0 Å². The maximum Gasteiger partial charge on any atom is 0.269 e. The molecule has 2 rings (SSSR count). The Bertz CT molecular complexity index is 492. The van der Waals surface area contributed by atoms with Gasteiger partial charge in [0.1, 0.15) is 5.69 Å². The average Bonchev–Trinajstić information content (AvgIpc) is 2.65. The van der Waals surface area contributed by atoms with Gasteiger partial charge in [-0.05, 0) is 23.7 Å². The van der Waals surface area contributed by atoms with Crippen molar-refractivity contribution in [1.82, 2.24) is 5.16 Å². The monoisotopic (exact) mass is 224 g/mol. The van der Waals surface area contributed by atoms with Crippen LogP contribution >= 0.6 is 11.6 Å². The molecular formula is C9H5ClN2O3. The van der Waals surface area contributed by atoms with Gasteiger partial charge in [-0.2, -0.15) is 0 Å². The lowest BCUT2D eigenvalue weighted by Crippen LogP contribution is -1.86. The highest BCUT2D eigenvalue weighted by atomic mass is 35.5. The predicted molar refractivity (Wildman–Crippen MR) is 53.6 cm³/mol. The summed E-state index contributed by atoms with van der Waals surface area (Å²) in [5.74, 6) is 0. The minimum atomic E-state index is -0.459. The summed E-state index contributed by atoms with van der Waals surface area (Å²) in [5.41, 5.74) is 1.31. The largest absolute Gasteiger partial charge is 0.344 e. The molecule has 1 aromatic carbocycles. The summed E-state index contributed by atoms with van der Waals surface area (Å²) in [6.07, 6.45) is 0. The zero-order valence-corrected chi connectivity index (χ0v) is 8.14. The van der Waals surface area contributed by atoms with Gasteiger partial charge in [-0.25, -0.2) is 0 Å². The van der Waals surface area contributed by atoms with Crippen LogP contribution in [0.4, 0.5) is 5.69 Å². The van der Waals surface area contributed by atoms with Crippen LogP contribution in [0.2, 0.25) is 5.22 Å². The molecule has 0 bridgehead atoms. The summed E-state index contributed by atoms with van der Waals surface area (Å²) in [7, 11) is 0. The van der Waals surface area contributed by atoms with Crippen LogP contribution in [-0.2, 0) is 0 Å². The third kappa shape index (κ3) is 1.97. The number of nitrogens with zero attached hydrogens (tertiary/aromatic N) is 2. The van der Waals surface area contributed by atoms with Gasteiger partial charge in [0.05, 0.1) is 4.92 Å². The molecule has 0 saturated heterocycles. The molecular weight excluding hydrogens is 220 g/mol. The SMILES string of the molecule is O=[N+]([O-])c1ccc(-c2cc(Cl)on2)cc1. The Kier molecular flexibility index (Phi) is 2.39. The highest BCUT2D eigenvalue weighted by Crippen LogP contribution is 2.23. The first kappa shape index (κ1) is 9.67. The van der Waals surface area contributed by atoms with Gasteiger partial charge >= 0.3 is 0 Å². The van der Waals surface area contributed by atoms with Gasteiger partial charge < -0.3 is 4.52 Å². The number of nitro benzene ring substituents is 1. The quantitative estimate of drug-likeness (QED) is 0.581. The lowest BCUT2D eigenvalue weighted by atomic mass is 10.1. The lowest BCUT2D eigenvalue weighted by molar-refractivity contribution is -0.384. The van der Waals surface area contributed by atoms with Crippen LogP contribution in [0.1, 0.15) is 0 Å². The van der Waals surface area contributed by atoms with Crippen LogP contribution in [-0.4, -0.2) is 10.1 Å². The van der Waals surface area contributed by atoms with E-state index < -0.39 is 4.92 Å². The minimum Gasteiger partial charge on any atom is -0.344 e. The van der Waals surface area contributed by atoms with Gasteiger partial charge in [0.25, 0.3) is 5.69 Å². The lowest BCUT2D eigenvalue weighted by Gasteiger charge is -1.94. The molecule has 1 aromatic heterocycles. The van der Waals surface area contributed by atoms with Gasteiger partial charge in [-0.3, -0.25) is 10.1 Å². The highest BCUT2D eigenvalue weighted by molar-refractivity contribution is 6.29. The van der Waals surface area contributed by atoms with E-state index in [0.29, 0.717) is 5.69 Å². The standard InChI is InChI=1S/C9H5ClN2O3/c10-9-5-8(11-15-9)6-1-3-7(4-2-6)12(13)14/h1-5H. The van der Waals surface area contributed by atoms with Crippen LogP contribution in [0.3, 0.4) is 0 Å². The Balaban J connectivity index is 2.35. The topological polar surface area (TPSA) is 69.2 Å². The number of benzene rings is 1. The fourth-order valence-corrected chi connectivity index (χ4v) is 1.28. The number of nitro groups is 1. The normalized spacial score (nSPS) is 10.2. The second kappa shape index (κ2) is 3.70. The first-order chi connectivity index (χ1) is 7.16. The van der Waals surface area contributed by atoms with Crippen molar-refractivity contribution in [1.29, 1.82) is 0 Å². The van der Waals surface area contributed by atoms with E-state index in [1.807, 2.05) is 0 Å². The fourth-order valence-electron chi connectivity index (χ4n) is 1.14. The fraction of sp³-hybridized carbons (Fsp3) is 0. The van der Waals surface area contributed by atoms with E-state index in [1.165, 1.54) is 12.1 Å². The molecule has 0 radical (unpaired) electrons. The summed E-state index contributed by atoms with van der Waals surface area (Å²) in [6, 6.07) is 7.52. The molecule has 2 aromatic rings. The van der Waals surface area contributed by atoms with Gasteiger partial charge in [0.15, 0.2) is 0 Å². The summed E-state index contributed by atoms with van der Waals surface area (Å²) >= 11 is 5.55. The third-order valence-electron chi connectivity index (χ3n) is 1.86. The third-order valence-corrected chi connectivity index (χ3v) is 2.03. The number of non-ortho nitro benzene ring substituents is 1. The molecule has 0 aliphatic rings. The summed E-state index contributed by atoms with van der Waals surface area (Å²) in [4.78, 5) is 9.94. The van der Waals surface area contributed by atoms with E-state index in [0.717, 1.165) is 5.56 Å². The number of hydrogen-bond donors (Lipinski definition) is 0. The molecule has 0 spiro atoms. The molecule has 0 fully saturated rings. The molecule has 0 unspecified atom stereocenters. The van der Waals surface area contributed by atoms with Gasteiger partial charge in [0, 0.05) is 23.8 Å². The van der Waals surface area contributed by atoms with Crippen LogP contribution in [0.5, 0.6) is 0 Å². The van der Waals surface area contributed by atoms with Crippen LogP contribution in [0, 0.1) is 10.1 Å². The molecule has 76 valence electrons. The Morgan fingerprint density at radius 3 is 2.47 bits per heavy atom. The van der Waals surface area contributed by atoms with Crippen molar-refractivity contribution in [3.8, 4) is 11.3 Å². The van der Waals surface area contributed by atoms with E-state index in [-0.39, 0.29) is 10.9 Å². The maximum atomic E-state index is 10.4. The molecule has 0 amide bonds. The van der Waals surface area contributed by atoms with Crippen LogP contribution in [0.15, 0.2) is 34.9 Å². The Morgan fingerprint density at radius 2 is 2.00 bits per heavy atom. The maximum absolute atomic E-state index is 10.4. The van der Waals surface area contributed by atoms with Crippen molar-refractivity contribution in [2.45, 2.75) is 0 Å². The van der Waals surface area contributed by atoms with E-state index in [9.17, 15) is 10.1 Å². The molecule has 0 N–H and O–H groups in total. The molecule has 0 saturated carbocycles. The first-order valence-corrected chi connectivity index (χ1v) is 4.41. The van der Waals surface area contributed by atoms with E-state index >= 15 is 0 Å². The zero-order chi connectivity index (χ0) is 10.8.